The van der Waals surface area contributed by atoms with Crippen LogP contribution in [-0.4, -0.2) is 64.8 Å². The van der Waals surface area contributed by atoms with E-state index in [0.717, 1.165) is 5.56 Å². The lowest BCUT2D eigenvalue weighted by Gasteiger charge is -2.32. The fourth-order valence-electron chi connectivity index (χ4n) is 4.72. The molecule has 3 unspecified atom stereocenters. The molecule has 0 spiro atoms. The normalized spacial score (nSPS) is 19.3. The minimum atomic E-state index is -0.825. The van der Waals surface area contributed by atoms with Gasteiger partial charge >= 0.3 is 12.2 Å². The van der Waals surface area contributed by atoms with Crippen molar-refractivity contribution in [2.75, 3.05) is 13.1 Å². The average Bonchev–Trinajstić information content (AvgIpc) is 3.47. The predicted molar refractivity (Wildman–Crippen MR) is 146 cm³/mol. The second kappa shape index (κ2) is 11.8. The standard InChI is InChI=1S/C30H37N3O6/c1-20(2)25(31-28(35)37-19-21-12-8-6-9-13-21)27(34)32-17-16-23-26(32)24(38-22-14-10-7-11-15-22)18-33(23)29(36)39-30(3,4)5/h6-16,20,24-26H,17-19H2,1-5H3,(H,31,35). The number of benzene rings is 2. The molecule has 0 radical (unpaired) electrons. The van der Waals surface area contributed by atoms with Gasteiger partial charge in [-0.3, -0.25) is 9.69 Å². The summed E-state index contributed by atoms with van der Waals surface area (Å²) in [6.45, 7) is 9.76. The second-order valence-electron chi connectivity index (χ2n) is 11.1. The summed E-state index contributed by atoms with van der Waals surface area (Å²) in [5, 5.41) is 2.75. The molecule has 2 aromatic carbocycles. The summed E-state index contributed by atoms with van der Waals surface area (Å²) in [6.07, 6.45) is 0.175. The molecule has 9 heteroatoms. The van der Waals surface area contributed by atoms with Crippen LogP contribution in [0.25, 0.3) is 0 Å². The van der Waals surface area contributed by atoms with Gasteiger partial charge in [0.05, 0.1) is 6.54 Å². The van der Waals surface area contributed by atoms with Gasteiger partial charge in [-0.15, -0.1) is 0 Å². The van der Waals surface area contributed by atoms with E-state index in [4.69, 9.17) is 14.2 Å². The molecule has 2 heterocycles. The highest BCUT2D eigenvalue weighted by atomic mass is 16.6. The fraction of sp³-hybridized carbons (Fsp3) is 0.433. The Balaban J connectivity index is 1.51. The molecule has 2 aromatic rings. The van der Waals surface area contributed by atoms with Crippen LogP contribution in [-0.2, 0) is 20.9 Å². The van der Waals surface area contributed by atoms with Crippen LogP contribution in [0.4, 0.5) is 9.59 Å². The first kappa shape index (κ1) is 28.0. The summed E-state index contributed by atoms with van der Waals surface area (Å²) in [5.41, 5.74) is 0.835. The molecule has 9 nitrogen and oxygen atoms in total. The van der Waals surface area contributed by atoms with Gasteiger partial charge in [-0.1, -0.05) is 62.4 Å². The average molecular weight is 536 g/mol. The van der Waals surface area contributed by atoms with Crippen molar-refractivity contribution in [3.8, 4) is 5.75 Å². The first-order valence-corrected chi connectivity index (χ1v) is 13.2. The second-order valence-corrected chi connectivity index (χ2v) is 11.1. The Morgan fingerprint density at radius 1 is 1.00 bits per heavy atom. The number of hydrogen-bond acceptors (Lipinski definition) is 6. The highest BCUT2D eigenvalue weighted by molar-refractivity contribution is 5.87. The number of ether oxygens (including phenoxy) is 3. The molecule has 1 N–H and O–H groups in total. The predicted octanol–water partition coefficient (Wildman–Crippen LogP) is 4.73. The molecule has 2 aliphatic rings. The quantitative estimate of drug-likeness (QED) is 0.551. The SMILES string of the molecule is CC(C)C(NC(=O)OCc1ccccc1)C(=O)N1CC=C2C1C(Oc1ccccc1)CN2C(=O)OC(C)(C)C. The monoisotopic (exact) mass is 535 g/mol. The van der Waals surface area contributed by atoms with Gasteiger partial charge in [0.25, 0.3) is 0 Å². The zero-order valence-corrected chi connectivity index (χ0v) is 23.1. The van der Waals surface area contributed by atoms with Crippen LogP contribution in [0.3, 0.4) is 0 Å². The minimum Gasteiger partial charge on any atom is -0.486 e. The fourth-order valence-corrected chi connectivity index (χ4v) is 4.72. The number of alkyl carbamates (subject to hydrolysis) is 1. The van der Waals surface area contributed by atoms with E-state index in [2.05, 4.69) is 5.32 Å². The maximum absolute atomic E-state index is 13.9. The van der Waals surface area contributed by atoms with Crippen LogP contribution < -0.4 is 10.1 Å². The van der Waals surface area contributed by atoms with Crippen molar-refractivity contribution >= 4 is 18.1 Å². The topological polar surface area (TPSA) is 97.4 Å². The summed E-state index contributed by atoms with van der Waals surface area (Å²) in [7, 11) is 0. The van der Waals surface area contributed by atoms with E-state index < -0.39 is 36.0 Å². The van der Waals surface area contributed by atoms with Crippen LogP contribution in [0.1, 0.15) is 40.2 Å². The third kappa shape index (κ3) is 6.90. The van der Waals surface area contributed by atoms with E-state index in [9.17, 15) is 14.4 Å². The van der Waals surface area contributed by atoms with Crippen molar-refractivity contribution in [1.29, 1.82) is 0 Å². The molecular weight excluding hydrogens is 498 g/mol. The van der Waals surface area contributed by atoms with Gasteiger partial charge in [-0.25, -0.2) is 9.59 Å². The molecule has 0 saturated carbocycles. The number of nitrogens with one attached hydrogen (secondary N) is 1. The van der Waals surface area contributed by atoms with Crippen LogP contribution in [0.15, 0.2) is 72.4 Å². The molecule has 2 aliphatic heterocycles. The number of amides is 3. The van der Waals surface area contributed by atoms with Crippen LogP contribution in [0, 0.1) is 5.92 Å². The van der Waals surface area contributed by atoms with E-state index in [1.165, 1.54) is 0 Å². The summed E-state index contributed by atoms with van der Waals surface area (Å²) in [4.78, 5) is 42.8. The zero-order valence-electron chi connectivity index (χ0n) is 23.1. The first-order valence-electron chi connectivity index (χ1n) is 13.2. The number of nitrogens with zero attached hydrogens (tertiary/aromatic N) is 2. The first-order chi connectivity index (χ1) is 18.5. The van der Waals surface area contributed by atoms with Gasteiger partial charge in [-0.05, 0) is 50.5 Å². The Labute approximate surface area is 229 Å². The Hall–Kier alpha value is -4.01. The molecule has 208 valence electrons. The molecule has 0 aromatic heterocycles. The van der Waals surface area contributed by atoms with Crippen LogP contribution in [0.5, 0.6) is 5.75 Å². The van der Waals surface area contributed by atoms with Crippen molar-refractivity contribution in [3.05, 3.63) is 78.0 Å². The molecule has 39 heavy (non-hydrogen) atoms. The van der Waals surface area contributed by atoms with E-state index in [0.29, 0.717) is 11.4 Å². The maximum Gasteiger partial charge on any atom is 0.414 e. The van der Waals surface area contributed by atoms with Crippen LogP contribution in [0.2, 0.25) is 0 Å². The number of carbonyl (C=O) groups excluding carboxylic acids is 3. The molecule has 3 atom stereocenters. The lowest BCUT2D eigenvalue weighted by Crippen LogP contribution is -2.55. The Bertz CT molecular complexity index is 1190. The van der Waals surface area contributed by atoms with E-state index in [1.54, 1.807) is 9.80 Å². The number of carbonyl (C=O) groups is 3. The third-order valence-corrected chi connectivity index (χ3v) is 6.51. The van der Waals surface area contributed by atoms with E-state index >= 15 is 0 Å². The molecule has 0 aliphatic carbocycles. The number of fused-ring (bicyclic) bond motifs is 1. The summed E-state index contributed by atoms with van der Waals surface area (Å²) >= 11 is 0. The van der Waals surface area contributed by atoms with E-state index in [1.807, 2.05) is 101 Å². The van der Waals surface area contributed by atoms with Crippen LogP contribution >= 0.6 is 0 Å². The number of hydrogen-bond donors (Lipinski definition) is 1. The zero-order chi connectivity index (χ0) is 28.2. The molecule has 4 rings (SSSR count). The molecule has 1 fully saturated rings. The maximum atomic E-state index is 13.9. The Morgan fingerprint density at radius 2 is 1.64 bits per heavy atom. The Kier molecular flexibility index (Phi) is 8.47. The number of rotatable bonds is 7. The van der Waals surface area contributed by atoms with Gasteiger partial charge in [0.15, 0.2) is 0 Å². The highest BCUT2D eigenvalue weighted by Crippen LogP contribution is 2.35. The van der Waals surface area contributed by atoms with Crippen molar-refractivity contribution in [1.82, 2.24) is 15.1 Å². The van der Waals surface area contributed by atoms with Gasteiger partial charge in [0, 0.05) is 12.2 Å². The van der Waals surface area contributed by atoms with E-state index in [-0.39, 0.29) is 31.5 Å². The van der Waals surface area contributed by atoms with Crippen molar-refractivity contribution in [2.45, 2.75) is 65.0 Å². The van der Waals surface area contributed by atoms with Gasteiger partial charge in [0.1, 0.15) is 36.1 Å². The Morgan fingerprint density at radius 3 is 2.26 bits per heavy atom. The van der Waals surface area contributed by atoms with Gasteiger partial charge in [0.2, 0.25) is 5.91 Å². The third-order valence-electron chi connectivity index (χ3n) is 6.51. The van der Waals surface area contributed by atoms with Gasteiger partial charge in [-0.2, -0.15) is 0 Å². The number of para-hydroxylation sites is 1. The molecule has 3 amide bonds. The van der Waals surface area contributed by atoms with Crippen molar-refractivity contribution < 1.29 is 28.6 Å². The summed E-state index contributed by atoms with van der Waals surface area (Å²) in [5.74, 6) is 0.156. The van der Waals surface area contributed by atoms with Crippen molar-refractivity contribution in [2.24, 2.45) is 5.92 Å². The summed E-state index contributed by atoms with van der Waals surface area (Å²) in [6, 6.07) is 17.3. The number of likely N-dealkylation sites (tertiary alicyclic amines) is 1. The lowest BCUT2D eigenvalue weighted by molar-refractivity contribution is -0.136. The van der Waals surface area contributed by atoms with Crippen molar-refractivity contribution in [3.63, 3.8) is 0 Å². The largest absolute Gasteiger partial charge is 0.486 e. The molecule has 0 bridgehead atoms. The lowest BCUT2D eigenvalue weighted by atomic mass is 10.0. The summed E-state index contributed by atoms with van der Waals surface area (Å²) < 4.78 is 17.3. The molecular formula is C30H37N3O6. The smallest absolute Gasteiger partial charge is 0.414 e. The van der Waals surface area contributed by atoms with Gasteiger partial charge < -0.3 is 24.4 Å². The highest BCUT2D eigenvalue weighted by Gasteiger charge is 2.51. The minimum absolute atomic E-state index is 0.0988. The molecule has 1 saturated heterocycles.